The van der Waals surface area contributed by atoms with Crippen LogP contribution in [0.2, 0.25) is 0 Å². The number of hydrogen-bond acceptors (Lipinski definition) is 3. The first-order valence-electron chi connectivity index (χ1n) is 6.04. The van der Waals surface area contributed by atoms with Gasteiger partial charge in [-0.2, -0.15) is 0 Å². The fraction of sp³-hybridized carbons (Fsp3) is 0.267. The van der Waals surface area contributed by atoms with Gasteiger partial charge in [-0.3, -0.25) is 0 Å². The Morgan fingerprint density at radius 3 is 2.42 bits per heavy atom. The Hall–Kier alpha value is -1.58. The van der Waals surface area contributed by atoms with Gasteiger partial charge in [0, 0.05) is 17.8 Å². The summed E-state index contributed by atoms with van der Waals surface area (Å²) in [7, 11) is 1.63. The van der Waals surface area contributed by atoms with Crippen molar-refractivity contribution in [3.8, 4) is 17.0 Å². The van der Waals surface area contributed by atoms with Gasteiger partial charge in [-0.1, -0.05) is 24.3 Å². The van der Waals surface area contributed by atoms with Crippen molar-refractivity contribution in [2.24, 2.45) is 5.73 Å². The molecule has 2 N–H and O–H groups in total. The van der Waals surface area contributed by atoms with Crippen LogP contribution in [0.25, 0.3) is 11.1 Å². The molecule has 3 nitrogen and oxygen atoms in total. The maximum absolute atomic E-state index is 5.54. The lowest BCUT2D eigenvalue weighted by Gasteiger charge is -2.08. The molecule has 0 fully saturated rings. The minimum Gasteiger partial charge on any atom is -0.481 e. The lowest BCUT2D eigenvalue weighted by atomic mass is 10.0. The smallest absolute Gasteiger partial charge is 0.213 e. The van der Waals surface area contributed by atoms with E-state index in [1.165, 1.54) is 11.1 Å². The maximum Gasteiger partial charge on any atom is 0.213 e. The van der Waals surface area contributed by atoms with E-state index in [1.807, 2.05) is 12.3 Å². The molecule has 0 atom stereocenters. The number of pyridine rings is 1. The Balaban J connectivity index is 0.00000180. The van der Waals surface area contributed by atoms with Crippen LogP contribution in [-0.2, 0) is 6.42 Å². The zero-order valence-corrected chi connectivity index (χ0v) is 12.0. The molecule has 0 aliphatic heterocycles. The normalized spacial score (nSPS) is 9.84. The maximum atomic E-state index is 5.54. The molecule has 0 unspecified atom stereocenters. The van der Waals surface area contributed by atoms with Crippen LogP contribution >= 0.6 is 12.4 Å². The summed E-state index contributed by atoms with van der Waals surface area (Å²) in [6.45, 7) is 2.75. The molecule has 102 valence electrons. The van der Waals surface area contributed by atoms with Crippen LogP contribution in [0.15, 0.2) is 36.5 Å². The second-order valence-corrected chi connectivity index (χ2v) is 4.28. The lowest BCUT2D eigenvalue weighted by Crippen LogP contribution is -2.02. The number of methoxy groups -OCH3 is 1. The number of aromatic nitrogens is 1. The summed E-state index contributed by atoms with van der Waals surface area (Å²) in [5.41, 5.74) is 10.3. The Morgan fingerprint density at radius 1 is 1.21 bits per heavy atom. The molecule has 0 saturated heterocycles. The molecular formula is C15H19ClN2O. The average Bonchev–Trinajstić information content (AvgIpc) is 2.40. The van der Waals surface area contributed by atoms with Crippen molar-refractivity contribution in [2.75, 3.05) is 13.7 Å². The van der Waals surface area contributed by atoms with E-state index in [-0.39, 0.29) is 12.4 Å². The second kappa shape index (κ2) is 7.12. The fourth-order valence-corrected chi connectivity index (χ4v) is 1.96. The molecule has 0 radical (unpaired) electrons. The van der Waals surface area contributed by atoms with Crippen molar-refractivity contribution >= 4 is 12.4 Å². The molecule has 0 aliphatic rings. The number of hydrogen-bond donors (Lipinski definition) is 1. The van der Waals surface area contributed by atoms with Crippen molar-refractivity contribution < 1.29 is 4.74 Å². The monoisotopic (exact) mass is 278 g/mol. The van der Waals surface area contributed by atoms with Gasteiger partial charge in [0.05, 0.1) is 7.11 Å². The highest BCUT2D eigenvalue weighted by Gasteiger charge is 2.04. The van der Waals surface area contributed by atoms with Crippen LogP contribution in [0, 0.1) is 6.92 Å². The Bertz CT molecular complexity index is 526. The van der Waals surface area contributed by atoms with E-state index in [0.29, 0.717) is 12.4 Å². The second-order valence-electron chi connectivity index (χ2n) is 4.28. The van der Waals surface area contributed by atoms with Crippen molar-refractivity contribution in [3.63, 3.8) is 0 Å². The molecular weight excluding hydrogens is 260 g/mol. The summed E-state index contributed by atoms with van der Waals surface area (Å²) in [5, 5.41) is 0. The number of nitrogens with zero attached hydrogens (tertiary/aromatic N) is 1. The largest absolute Gasteiger partial charge is 0.481 e. The van der Waals surface area contributed by atoms with Crippen LogP contribution in [0.4, 0.5) is 0 Å². The summed E-state index contributed by atoms with van der Waals surface area (Å²) >= 11 is 0. The van der Waals surface area contributed by atoms with Gasteiger partial charge in [0.15, 0.2) is 0 Å². The molecule has 0 aliphatic carbocycles. The fourth-order valence-electron chi connectivity index (χ4n) is 1.96. The zero-order valence-electron chi connectivity index (χ0n) is 11.2. The minimum atomic E-state index is 0. The summed E-state index contributed by atoms with van der Waals surface area (Å²) in [6.07, 6.45) is 2.77. The summed E-state index contributed by atoms with van der Waals surface area (Å²) in [5.74, 6) is 0.649. The molecule has 4 heteroatoms. The van der Waals surface area contributed by atoms with Crippen molar-refractivity contribution in [2.45, 2.75) is 13.3 Å². The Labute approximate surface area is 120 Å². The minimum absolute atomic E-state index is 0. The van der Waals surface area contributed by atoms with Gasteiger partial charge in [0.2, 0.25) is 5.88 Å². The predicted octanol–water partition coefficient (Wildman–Crippen LogP) is 2.99. The third-order valence-corrected chi connectivity index (χ3v) is 2.99. The highest BCUT2D eigenvalue weighted by atomic mass is 35.5. The first kappa shape index (κ1) is 15.5. The Kier molecular flexibility index (Phi) is 5.80. The van der Waals surface area contributed by atoms with E-state index in [2.05, 4.69) is 36.2 Å². The molecule has 0 spiro atoms. The van der Waals surface area contributed by atoms with E-state index >= 15 is 0 Å². The Morgan fingerprint density at radius 2 is 1.89 bits per heavy atom. The number of aryl methyl sites for hydroxylation is 1. The quantitative estimate of drug-likeness (QED) is 0.935. The predicted molar refractivity (Wildman–Crippen MR) is 81.0 cm³/mol. The third-order valence-electron chi connectivity index (χ3n) is 2.99. The van der Waals surface area contributed by atoms with Crippen LogP contribution in [-0.4, -0.2) is 18.6 Å². The highest BCUT2D eigenvalue weighted by Crippen LogP contribution is 2.25. The number of rotatable bonds is 4. The van der Waals surface area contributed by atoms with E-state index in [4.69, 9.17) is 10.5 Å². The zero-order chi connectivity index (χ0) is 13.0. The molecule has 1 heterocycles. The number of ether oxygens (including phenoxy) is 1. The van der Waals surface area contributed by atoms with Gasteiger partial charge >= 0.3 is 0 Å². The first-order valence-corrected chi connectivity index (χ1v) is 6.04. The molecule has 0 bridgehead atoms. The van der Waals surface area contributed by atoms with E-state index in [9.17, 15) is 0 Å². The summed E-state index contributed by atoms with van der Waals surface area (Å²) < 4.78 is 5.11. The summed E-state index contributed by atoms with van der Waals surface area (Å²) in [4.78, 5) is 4.25. The molecule has 2 aromatic rings. The molecule has 0 saturated carbocycles. The highest BCUT2D eigenvalue weighted by molar-refractivity contribution is 5.85. The molecule has 2 rings (SSSR count). The number of halogens is 1. The van der Waals surface area contributed by atoms with Crippen LogP contribution in [0.3, 0.4) is 0 Å². The van der Waals surface area contributed by atoms with Gasteiger partial charge < -0.3 is 10.5 Å². The molecule has 1 aromatic carbocycles. The van der Waals surface area contributed by atoms with Crippen LogP contribution < -0.4 is 10.5 Å². The van der Waals surface area contributed by atoms with Gasteiger partial charge in [-0.15, -0.1) is 12.4 Å². The van der Waals surface area contributed by atoms with Crippen molar-refractivity contribution in [3.05, 3.63) is 47.7 Å². The van der Waals surface area contributed by atoms with E-state index in [1.54, 1.807) is 7.11 Å². The van der Waals surface area contributed by atoms with E-state index in [0.717, 1.165) is 17.5 Å². The number of benzene rings is 1. The van der Waals surface area contributed by atoms with Crippen LogP contribution in [0.1, 0.15) is 11.1 Å². The lowest BCUT2D eigenvalue weighted by molar-refractivity contribution is 0.397. The standard InChI is InChI=1S/C15H18N2O.ClH/c1-11-9-15(18-2)17-10-14(11)13-5-3-12(4-6-13)7-8-16;/h3-6,9-10H,7-8,16H2,1-2H3;1H. The van der Waals surface area contributed by atoms with Gasteiger partial charge in [0.1, 0.15) is 0 Å². The molecule has 0 amide bonds. The van der Waals surface area contributed by atoms with Crippen molar-refractivity contribution in [1.29, 1.82) is 0 Å². The number of nitrogens with two attached hydrogens (primary N) is 1. The SMILES string of the molecule is COc1cc(C)c(-c2ccc(CCN)cc2)cn1.Cl. The van der Waals surface area contributed by atoms with Gasteiger partial charge in [0.25, 0.3) is 0 Å². The van der Waals surface area contributed by atoms with E-state index < -0.39 is 0 Å². The van der Waals surface area contributed by atoms with Crippen molar-refractivity contribution in [1.82, 2.24) is 4.98 Å². The molecule has 19 heavy (non-hydrogen) atoms. The molecule has 1 aromatic heterocycles. The van der Waals surface area contributed by atoms with Crippen LogP contribution in [0.5, 0.6) is 5.88 Å². The summed E-state index contributed by atoms with van der Waals surface area (Å²) in [6, 6.07) is 10.4. The third kappa shape index (κ3) is 3.69. The topological polar surface area (TPSA) is 48.1 Å². The first-order chi connectivity index (χ1) is 8.74. The van der Waals surface area contributed by atoms with Gasteiger partial charge in [-0.05, 0) is 36.6 Å². The van der Waals surface area contributed by atoms with Gasteiger partial charge in [-0.25, -0.2) is 4.98 Å². The average molecular weight is 279 g/mol.